The standard InChI is InChI=1S/C22H20BrN5O2S/c1-2-3-6-11-31-21-25-19-18(27-28-21)14-7-4-5-8-16(14)26-22(30-19)15-12-13(23)9-10-17(15)24-20(22)29/h4-5,7-10,12,26H,2-3,6,11H2,1H3,(H,24,29)/t22-/m1/s1. The van der Waals surface area contributed by atoms with Crippen LogP contribution >= 0.6 is 27.7 Å². The first-order valence-corrected chi connectivity index (χ1v) is 11.9. The smallest absolute Gasteiger partial charge is 0.295 e. The molecular weight excluding hydrogens is 478 g/mol. The van der Waals surface area contributed by atoms with E-state index in [-0.39, 0.29) is 11.8 Å². The summed E-state index contributed by atoms with van der Waals surface area (Å²) in [7, 11) is 0. The molecule has 1 amide bonds. The Labute approximate surface area is 192 Å². The molecule has 1 atom stereocenters. The number of halogens is 1. The minimum atomic E-state index is -1.46. The van der Waals surface area contributed by atoms with Gasteiger partial charge in [-0.05, 0) is 30.7 Å². The predicted molar refractivity (Wildman–Crippen MR) is 124 cm³/mol. The molecule has 31 heavy (non-hydrogen) atoms. The first-order chi connectivity index (χ1) is 15.1. The molecule has 0 unspecified atom stereocenters. The summed E-state index contributed by atoms with van der Waals surface area (Å²) in [5, 5.41) is 15.5. The summed E-state index contributed by atoms with van der Waals surface area (Å²) < 4.78 is 7.22. The number of unbranched alkanes of at least 4 members (excludes halogenated alkanes) is 2. The number of para-hydroxylation sites is 1. The first kappa shape index (κ1) is 20.3. The summed E-state index contributed by atoms with van der Waals surface area (Å²) >= 11 is 5.05. The number of hydrogen-bond acceptors (Lipinski definition) is 7. The highest BCUT2D eigenvalue weighted by Crippen LogP contribution is 2.47. The summed E-state index contributed by atoms with van der Waals surface area (Å²) in [4.78, 5) is 17.9. The lowest BCUT2D eigenvalue weighted by Gasteiger charge is -2.28. The Morgan fingerprint density at radius 2 is 2.00 bits per heavy atom. The van der Waals surface area contributed by atoms with Crippen LogP contribution < -0.4 is 15.4 Å². The third kappa shape index (κ3) is 3.55. The van der Waals surface area contributed by atoms with Gasteiger partial charge in [-0.1, -0.05) is 65.7 Å². The van der Waals surface area contributed by atoms with E-state index < -0.39 is 5.72 Å². The van der Waals surface area contributed by atoms with Crippen molar-refractivity contribution in [2.45, 2.75) is 37.1 Å². The summed E-state index contributed by atoms with van der Waals surface area (Å²) in [5.74, 6) is 0.886. The Kier molecular flexibility index (Phi) is 5.31. The van der Waals surface area contributed by atoms with Crippen molar-refractivity contribution in [1.82, 2.24) is 15.2 Å². The molecule has 3 heterocycles. The van der Waals surface area contributed by atoms with E-state index in [1.807, 2.05) is 42.5 Å². The molecule has 2 aliphatic rings. The molecule has 3 aromatic rings. The number of amides is 1. The molecule has 0 saturated heterocycles. The maximum absolute atomic E-state index is 13.2. The molecule has 0 bridgehead atoms. The number of carbonyl (C=O) groups excluding carboxylic acids is 1. The predicted octanol–water partition coefficient (Wildman–Crippen LogP) is 5.19. The molecule has 2 aliphatic heterocycles. The summed E-state index contributed by atoms with van der Waals surface area (Å²) in [5.41, 5.74) is 1.94. The highest BCUT2D eigenvalue weighted by atomic mass is 79.9. The molecule has 2 aromatic carbocycles. The van der Waals surface area contributed by atoms with Gasteiger partial charge in [0.2, 0.25) is 11.0 Å². The number of fused-ring (bicyclic) bond motifs is 5. The van der Waals surface area contributed by atoms with E-state index in [9.17, 15) is 4.79 Å². The number of nitrogens with one attached hydrogen (secondary N) is 2. The summed E-state index contributed by atoms with van der Waals surface area (Å²) in [6.45, 7) is 2.17. The molecular formula is C22H20BrN5O2S. The number of aromatic nitrogens is 3. The van der Waals surface area contributed by atoms with Crippen molar-refractivity contribution < 1.29 is 9.53 Å². The zero-order chi connectivity index (χ0) is 21.4. The van der Waals surface area contributed by atoms with Crippen LogP contribution in [0.2, 0.25) is 0 Å². The van der Waals surface area contributed by atoms with Crippen LogP contribution in [0.4, 0.5) is 11.4 Å². The van der Waals surface area contributed by atoms with Crippen molar-refractivity contribution in [2.75, 3.05) is 16.4 Å². The molecule has 0 fully saturated rings. The molecule has 1 aromatic heterocycles. The molecule has 1 spiro atoms. The number of ether oxygens (including phenoxy) is 1. The van der Waals surface area contributed by atoms with Gasteiger partial charge in [-0.25, -0.2) is 0 Å². The minimum Gasteiger partial charge on any atom is -0.435 e. The number of rotatable bonds is 5. The SMILES string of the molecule is CCCCCSc1nnc2c(n1)O[C@@]1(Nc3ccccc3-2)C(=O)Nc2ccc(Br)cc21. The Balaban J connectivity index is 1.62. The van der Waals surface area contributed by atoms with Crippen molar-refractivity contribution in [3.05, 3.63) is 52.5 Å². The zero-order valence-electron chi connectivity index (χ0n) is 16.8. The van der Waals surface area contributed by atoms with Gasteiger partial charge in [0.15, 0.2) is 5.69 Å². The van der Waals surface area contributed by atoms with Gasteiger partial charge in [0, 0.05) is 21.5 Å². The first-order valence-electron chi connectivity index (χ1n) is 10.2. The van der Waals surface area contributed by atoms with Crippen molar-refractivity contribution in [2.24, 2.45) is 0 Å². The van der Waals surface area contributed by atoms with E-state index in [4.69, 9.17) is 4.74 Å². The molecule has 0 saturated carbocycles. The van der Waals surface area contributed by atoms with Gasteiger partial charge in [0.25, 0.3) is 11.6 Å². The lowest BCUT2D eigenvalue weighted by molar-refractivity contribution is -0.128. The highest BCUT2D eigenvalue weighted by molar-refractivity contribution is 9.10. The van der Waals surface area contributed by atoms with E-state index in [1.165, 1.54) is 0 Å². The highest BCUT2D eigenvalue weighted by Gasteiger charge is 2.52. The maximum atomic E-state index is 13.2. The summed E-state index contributed by atoms with van der Waals surface area (Å²) in [6, 6.07) is 13.2. The Bertz CT molecular complexity index is 1170. The quantitative estimate of drug-likeness (QED) is 0.370. The number of anilines is 2. The monoisotopic (exact) mass is 497 g/mol. The van der Waals surface area contributed by atoms with E-state index in [0.717, 1.165) is 40.7 Å². The van der Waals surface area contributed by atoms with E-state index in [2.05, 4.69) is 48.7 Å². The Morgan fingerprint density at radius 1 is 1.13 bits per heavy atom. The molecule has 7 nitrogen and oxygen atoms in total. The number of thioether (sulfide) groups is 1. The topological polar surface area (TPSA) is 89.0 Å². The van der Waals surface area contributed by atoms with Gasteiger partial charge in [-0.15, -0.1) is 10.2 Å². The maximum Gasteiger partial charge on any atom is 0.295 e. The molecule has 158 valence electrons. The van der Waals surface area contributed by atoms with Gasteiger partial charge >= 0.3 is 0 Å². The Morgan fingerprint density at radius 3 is 2.87 bits per heavy atom. The van der Waals surface area contributed by atoms with Crippen LogP contribution in [0.15, 0.2) is 52.1 Å². The number of benzene rings is 2. The normalized spacial score (nSPS) is 18.3. The molecule has 5 rings (SSSR count). The minimum absolute atomic E-state index is 0.286. The van der Waals surface area contributed by atoms with Gasteiger partial charge in [-0.2, -0.15) is 4.98 Å². The van der Waals surface area contributed by atoms with Crippen LogP contribution in [0.25, 0.3) is 11.3 Å². The van der Waals surface area contributed by atoms with Crippen LogP contribution in [0.5, 0.6) is 5.88 Å². The van der Waals surface area contributed by atoms with Gasteiger partial charge in [0.1, 0.15) is 0 Å². The van der Waals surface area contributed by atoms with Crippen LogP contribution in [-0.4, -0.2) is 26.8 Å². The lowest BCUT2D eigenvalue weighted by atomic mass is 10.0. The lowest BCUT2D eigenvalue weighted by Crippen LogP contribution is -2.47. The van der Waals surface area contributed by atoms with Crippen molar-refractivity contribution >= 4 is 45.0 Å². The second-order valence-corrected chi connectivity index (χ2v) is 9.38. The number of carbonyl (C=O) groups is 1. The number of hydrogen-bond donors (Lipinski definition) is 2. The van der Waals surface area contributed by atoms with Crippen molar-refractivity contribution in [3.8, 4) is 17.1 Å². The molecule has 0 radical (unpaired) electrons. The van der Waals surface area contributed by atoms with Crippen LogP contribution in [-0.2, 0) is 10.5 Å². The van der Waals surface area contributed by atoms with Crippen LogP contribution in [0.1, 0.15) is 31.7 Å². The van der Waals surface area contributed by atoms with Crippen LogP contribution in [0, 0.1) is 0 Å². The largest absolute Gasteiger partial charge is 0.435 e. The fourth-order valence-corrected chi connectivity index (χ4v) is 4.89. The van der Waals surface area contributed by atoms with E-state index in [0.29, 0.717) is 22.1 Å². The van der Waals surface area contributed by atoms with Gasteiger partial charge in [-0.3, -0.25) is 4.79 Å². The van der Waals surface area contributed by atoms with Gasteiger partial charge in [0.05, 0.1) is 11.3 Å². The number of nitrogens with zero attached hydrogens (tertiary/aromatic N) is 3. The van der Waals surface area contributed by atoms with E-state index >= 15 is 0 Å². The molecule has 2 N–H and O–H groups in total. The van der Waals surface area contributed by atoms with Gasteiger partial charge < -0.3 is 15.4 Å². The third-order valence-electron chi connectivity index (χ3n) is 5.29. The second-order valence-electron chi connectivity index (χ2n) is 7.40. The van der Waals surface area contributed by atoms with Crippen LogP contribution in [0.3, 0.4) is 0 Å². The average molecular weight is 498 g/mol. The fourth-order valence-electron chi connectivity index (χ4n) is 3.75. The van der Waals surface area contributed by atoms with E-state index in [1.54, 1.807) is 11.8 Å². The zero-order valence-corrected chi connectivity index (χ0v) is 19.2. The molecule has 0 aliphatic carbocycles. The fraction of sp³-hybridized carbons (Fsp3) is 0.273. The molecule has 9 heteroatoms. The third-order valence-corrected chi connectivity index (χ3v) is 6.70. The summed E-state index contributed by atoms with van der Waals surface area (Å²) in [6.07, 6.45) is 3.40. The second kappa shape index (κ2) is 8.12. The average Bonchev–Trinajstić information content (AvgIpc) is 2.93. The van der Waals surface area contributed by atoms with Crippen molar-refractivity contribution in [1.29, 1.82) is 0 Å². The van der Waals surface area contributed by atoms with Crippen molar-refractivity contribution in [3.63, 3.8) is 0 Å². The Hall–Kier alpha value is -2.65.